The van der Waals surface area contributed by atoms with Crippen molar-refractivity contribution in [2.75, 3.05) is 6.54 Å². The van der Waals surface area contributed by atoms with Crippen LogP contribution in [0.2, 0.25) is 0 Å². The van der Waals surface area contributed by atoms with Crippen LogP contribution in [0.1, 0.15) is 29.8 Å². The van der Waals surface area contributed by atoms with Crippen LogP contribution in [0.4, 0.5) is 13.2 Å². The van der Waals surface area contributed by atoms with E-state index in [0.29, 0.717) is 5.56 Å². The van der Waals surface area contributed by atoms with E-state index in [1.54, 1.807) is 43.4 Å². The van der Waals surface area contributed by atoms with Crippen molar-refractivity contribution in [2.24, 2.45) is 5.92 Å². The summed E-state index contributed by atoms with van der Waals surface area (Å²) in [6.07, 6.45) is -4.49. The van der Waals surface area contributed by atoms with Gasteiger partial charge in [-0.25, -0.2) is 0 Å². The van der Waals surface area contributed by atoms with E-state index in [1.807, 2.05) is 6.92 Å². The number of amides is 2. The predicted molar refractivity (Wildman–Crippen MR) is 76.3 cm³/mol. The fourth-order valence-corrected chi connectivity index (χ4v) is 1.76. The first-order valence-electron chi connectivity index (χ1n) is 6.82. The lowest BCUT2D eigenvalue weighted by Gasteiger charge is -2.22. The largest absolute Gasteiger partial charge is 0.405 e. The van der Waals surface area contributed by atoms with E-state index >= 15 is 0 Å². The van der Waals surface area contributed by atoms with Crippen molar-refractivity contribution in [1.82, 2.24) is 10.6 Å². The summed E-state index contributed by atoms with van der Waals surface area (Å²) in [4.78, 5) is 23.9. The van der Waals surface area contributed by atoms with E-state index in [2.05, 4.69) is 5.32 Å². The van der Waals surface area contributed by atoms with Gasteiger partial charge < -0.3 is 10.6 Å². The van der Waals surface area contributed by atoms with E-state index in [0.717, 1.165) is 5.56 Å². The van der Waals surface area contributed by atoms with Gasteiger partial charge in [-0.2, -0.15) is 13.2 Å². The molecule has 122 valence electrons. The van der Waals surface area contributed by atoms with Crippen LogP contribution < -0.4 is 10.6 Å². The molecule has 0 aliphatic heterocycles. The van der Waals surface area contributed by atoms with Crippen molar-refractivity contribution in [3.63, 3.8) is 0 Å². The van der Waals surface area contributed by atoms with Crippen molar-refractivity contribution < 1.29 is 22.8 Å². The van der Waals surface area contributed by atoms with Gasteiger partial charge in [-0.1, -0.05) is 31.5 Å². The van der Waals surface area contributed by atoms with Gasteiger partial charge in [0, 0.05) is 5.56 Å². The van der Waals surface area contributed by atoms with Crippen molar-refractivity contribution in [2.45, 2.75) is 33.0 Å². The number of rotatable bonds is 5. The maximum Gasteiger partial charge on any atom is 0.405 e. The Labute approximate surface area is 127 Å². The highest BCUT2D eigenvalue weighted by Crippen LogP contribution is 2.13. The Morgan fingerprint density at radius 1 is 1.14 bits per heavy atom. The lowest BCUT2D eigenvalue weighted by Crippen LogP contribution is -2.51. The summed E-state index contributed by atoms with van der Waals surface area (Å²) in [7, 11) is 0. The summed E-state index contributed by atoms with van der Waals surface area (Å²) in [6.45, 7) is 3.74. The summed E-state index contributed by atoms with van der Waals surface area (Å²) < 4.78 is 36.4. The fraction of sp³-hybridized carbons (Fsp3) is 0.467. The highest BCUT2D eigenvalue weighted by Gasteiger charge is 2.31. The number of carbonyl (C=O) groups excluding carboxylic acids is 2. The zero-order valence-electron chi connectivity index (χ0n) is 12.6. The molecule has 1 rings (SSSR count). The Balaban J connectivity index is 2.73. The van der Waals surface area contributed by atoms with Gasteiger partial charge in [-0.3, -0.25) is 9.59 Å². The van der Waals surface area contributed by atoms with Crippen LogP contribution in [0, 0.1) is 12.8 Å². The fourth-order valence-electron chi connectivity index (χ4n) is 1.76. The zero-order chi connectivity index (χ0) is 16.9. The molecule has 4 nitrogen and oxygen atoms in total. The van der Waals surface area contributed by atoms with Crippen LogP contribution in [0.15, 0.2) is 24.3 Å². The van der Waals surface area contributed by atoms with Gasteiger partial charge in [0.2, 0.25) is 5.91 Å². The molecule has 0 fully saturated rings. The first-order chi connectivity index (χ1) is 10.1. The number of benzene rings is 1. The molecule has 0 bridgehead atoms. The molecule has 0 aliphatic carbocycles. The maximum absolute atomic E-state index is 12.1. The molecule has 1 atom stereocenters. The van der Waals surface area contributed by atoms with Crippen molar-refractivity contribution in [1.29, 1.82) is 0 Å². The molecule has 1 unspecified atom stereocenters. The minimum Gasteiger partial charge on any atom is -0.345 e. The van der Waals surface area contributed by atoms with Gasteiger partial charge >= 0.3 is 6.18 Å². The first kappa shape index (κ1) is 18.0. The number of hydrogen-bond donors (Lipinski definition) is 2. The standard InChI is InChI=1S/C15H19F3N2O2/c1-9(2)12(14(22)19-8-15(16,17)18)20-13(21)11-6-4-10(3)5-7-11/h4-7,9,12H,8H2,1-3H3,(H,19,22)(H,20,21). The van der Waals surface area contributed by atoms with Crippen LogP contribution in [0.25, 0.3) is 0 Å². The number of carbonyl (C=O) groups is 2. The van der Waals surface area contributed by atoms with E-state index in [9.17, 15) is 22.8 Å². The second-order valence-corrected chi connectivity index (χ2v) is 5.39. The molecular weight excluding hydrogens is 297 g/mol. The predicted octanol–water partition coefficient (Wildman–Crippen LogP) is 2.43. The van der Waals surface area contributed by atoms with Gasteiger partial charge in [0.1, 0.15) is 12.6 Å². The second kappa shape index (κ2) is 7.29. The number of nitrogens with one attached hydrogen (secondary N) is 2. The normalized spacial score (nSPS) is 12.9. The third-order valence-corrected chi connectivity index (χ3v) is 3.01. The molecule has 1 aromatic rings. The molecular formula is C15H19F3N2O2. The van der Waals surface area contributed by atoms with Crippen LogP contribution in [-0.2, 0) is 4.79 Å². The Kier molecular flexibility index (Phi) is 5.96. The number of aryl methyl sites for hydroxylation is 1. The van der Waals surface area contributed by atoms with Gasteiger partial charge in [0.05, 0.1) is 0 Å². The highest BCUT2D eigenvalue weighted by molar-refractivity contribution is 5.97. The molecule has 0 spiro atoms. The molecule has 22 heavy (non-hydrogen) atoms. The number of alkyl halides is 3. The average molecular weight is 316 g/mol. The molecule has 7 heteroatoms. The Bertz CT molecular complexity index is 525. The molecule has 0 aliphatic rings. The molecule has 0 radical (unpaired) electrons. The number of hydrogen-bond acceptors (Lipinski definition) is 2. The first-order valence-corrected chi connectivity index (χ1v) is 6.82. The van der Waals surface area contributed by atoms with Crippen LogP contribution in [0.5, 0.6) is 0 Å². The van der Waals surface area contributed by atoms with E-state index < -0.39 is 30.6 Å². The third kappa shape index (κ3) is 5.75. The lowest BCUT2D eigenvalue weighted by molar-refractivity contribution is -0.140. The zero-order valence-corrected chi connectivity index (χ0v) is 12.6. The molecule has 0 saturated heterocycles. The second-order valence-electron chi connectivity index (χ2n) is 5.39. The van der Waals surface area contributed by atoms with Crippen LogP contribution in [0.3, 0.4) is 0 Å². The minimum atomic E-state index is -4.49. The molecule has 0 aromatic heterocycles. The van der Waals surface area contributed by atoms with Gasteiger partial charge in [0.25, 0.3) is 5.91 Å². The van der Waals surface area contributed by atoms with Crippen LogP contribution >= 0.6 is 0 Å². The van der Waals surface area contributed by atoms with Crippen molar-refractivity contribution in [3.05, 3.63) is 35.4 Å². The summed E-state index contributed by atoms with van der Waals surface area (Å²) in [5, 5.41) is 4.26. The van der Waals surface area contributed by atoms with E-state index in [1.165, 1.54) is 0 Å². The molecule has 0 heterocycles. The molecule has 0 saturated carbocycles. The topological polar surface area (TPSA) is 58.2 Å². The minimum absolute atomic E-state index is 0.345. The molecule has 2 amide bonds. The van der Waals surface area contributed by atoms with E-state index in [-0.39, 0.29) is 5.92 Å². The van der Waals surface area contributed by atoms with Crippen molar-refractivity contribution >= 4 is 11.8 Å². The third-order valence-electron chi connectivity index (χ3n) is 3.01. The SMILES string of the molecule is Cc1ccc(C(=O)NC(C(=O)NCC(F)(F)F)C(C)C)cc1. The summed E-state index contributed by atoms with van der Waals surface area (Å²) >= 11 is 0. The maximum atomic E-state index is 12.1. The number of halogens is 3. The molecule has 1 aromatic carbocycles. The monoisotopic (exact) mass is 316 g/mol. The summed E-state index contributed by atoms with van der Waals surface area (Å²) in [6, 6.07) is 5.63. The van der Waals surface area contributed by atoms with Gasteiger partial charge in [-0.15, -0.1) is 0 Å². The van der Waals surface area contributed by atoms with Crippen molar-refractivity contribution in [3.8, 4) is 0 Å². The van der Waals surface area contributed by atoms with E-state index in [4.69, 9.17) is 0 Å². The Hall–Kier alpha value is -2.05. The smallest absolute Gasteiger partial charge is 0.345 e. The Morgan fingerprint density at radius 3 is 2.14 bits per heavy atom. The highest BCUT2D eigenvalue weighted by atomic mass is 19.4. The Morgan fingerprint density at radius 2 is 1.68 bits per heavy atom. The van der Waals surface area contributed by atoms with Gasteiger partial charge in [0.15, 0.2) is 0 Å². The van der Waals surface area contributed by atoms with Gasteiger partial charge in [-0.05, 0) is 25.0 Å². The average Bonchev–Trinajstić information content (AvgIpc) is 2.41. The molecule has 2 N–H and O–H groups in total. The van der Waals surface area contributed by atoms with Crippen LogP contribution in [-0.4, -0.2) is 30.6 Å². The lowest BCUT2D eigenvalue weighted by atomic mass is 10.0. The summed E-state index contributed by atoms with van der Waals surface area (Å²) in [5.74, 6) is -1.70. The quantitative estimate of drug-likeness (QED) is 0.876. The summed E-state index contributed by atoms with van der Waals surface area (Å²) in [5.41, 5.74) is 1.32.